The minimum Gasteiger partial charge on any atom is -0.330 e. The number of halogens is 1. The van der Waals surface area contributed by atoms with Crippen molar-refractivity contribution in [2.24, 2.45) is 7.05 Å². The molecule has 0 bridgehead atoms. The van der Waals surface area contributed by atoms with Gasteiger partial charge in [0.15, 0.2) is 0 Å². The summed E-state index contributed by atoms with van der Waals surface area (Å²) in [6.45, 7) is 0. The summed E-state index contributed by atoms with van der Waals surface area (Å²) in [6, 6.07) is 7.44. The third kappa shape index (κ3) is 2.30. The number of benzene rings is 1. The Morgan fingerprint density at radius 1 is 1.50 bits per heavy atom. The van der Waals surface area contributed by atoms with E-state index in [-0.39, 0.29) is 5.91 Å². The summed E-state index contributed by atoms with van der Waals surface area (Å²) in [7, 11) is 1.78. The summed E-state index contributed by atoms with van der Waals surface area (Å²) < 4.78 is 2.60. The standard InChI is InChI=1S/C11H10BrN3O/c1-15-7-13-6-10(15)11(16)14-9-4-2-3-8(12)5-9/h2-7H,1H3,(H,14,16). The Hall–Kier alpha value is -1.62. The van der Waals surface area contributed by atoms with E-state index in [1.807, 2.05) is 24.3 Å². The number of rotatable bonds is 2. The van der Waals surface area contributed by atoms with Crippen LogP contribution >= 0.6 is 15.9 Å². The maximum atomic E-state index is 11.8. The Morgan fingerprint density at radius 3 is 2.94 bits per heavy atom. The van der Waals surface area contributed by atoms with Crippen LogP contribution < -0.4 is 5.32 Å². The maximum Gasteiger partial charge on any atom is 0.273 e. The maximum absolute atomic E-state index is 11.8. The summed E-state index contributed by atoms with van der Waals surface area (Å²) in [5.41, 5.74) is 1.28. The van der Waals surface area contributed by atoms with Gasteiger partial charge in [-0.2, -0.15) is 0 Å². The Labute approximate surface area is 101 Å². The van der Waals surface area contributed by atoms with Crippen molar-refractivity contribution < 1.29 is 4.79 Å². The average molecular weight is 280 g/mol. The molecule has 1 N–H and O–H groups in total. The SMILES string of the molecule is Cn1cncc1C(=O)Nc1cccc(Br)c1. The van der Waals surface area contributed by atoms with Crippen LogP contribution in [0.3, 0.4) is 0 Å². The minimum atomic E-state index is -0.168. The first-order chi connectivity index (χ1) is 7.66. The van der Waals surface area contributed by atoms with Crippen LogP contribution in [0.4, 0.5) is 5.69 Å². The number of aromatic nitrogens is 2. The number of hydrogen-bond donors (Lipinski definition) is 1. The van der Waals surface area contributed by atoms with Gasteiger partial charge in [0.05, 0.1) is 12.5 Å². The second-order valence-electron chi connectivity index (χ2n) is 3.35. The van der Waals surface area contributed by atoms with E-state index in [1.165, 1.54) is 6.20 Å². The van der Waals surface area contributed by atoms with Crippen LogP contribution in [-0.2, 0) is 7.05 Å². The fourth-order valence-corrected chi connectivity index (χ4v) is 1.74. The van der Waals surface area contributed by atoms with Crippen LogP contribution in [0.15, 0.2) is 41.3 Å². The summed E-state index contributed by atoms with van der Waals surface area (Å²) >= 11 is 3.35. The van der Waals surface area contributed by atoms with Crippen LogP contribution in [0.25, 0.3) is 0 Å². The molecule has 16 heavy (non-hydrogen) atoms. The van der Waals surface area contributed by atoms with Gasteiger partial charge in [-0.1, -0.05) is 22.0 Å². The third-order valence-electron chi connectivity index (χ3n) is 2.13. The van der Waals surface area contributed by atoms with Crippen LogP contribution in [-0.4, -0.2) is 15.5 Å². The quantitative estimate of drug-likeness (QED) is 0.918. The smallest absolute Gasteiger partial charge is 0.273 e. The molecule has 0 saturated carbocycles. The molecule has 5 heteroatoms. The lowest BCUT2D eigenvalue weighted by molar-refractivity contribution is 0.101. The summed E-state index contributed by atoms with van der Waals surface area (Å²) in [6.07, 6.45) is 3.13. The molecule has 0 atom stereocenters. The van der Waals surface area contributed by atoms with E-state index >= 15 is 0 Å². The van der Waals surface area contributed by atoms with Crippen LogP contribution in [0, 0.1) is 0 Å². The van der Waals surface area contributed by atoms with Gasteiger partial charge in [-0.15, -0.1) is 0 Å². The number of anilines is 1. The molecule has 1 aromatic carbocycles. The second-order valence-corrected chi connectivity index (χ2v) is 4.27. The number of nitrogens with one attached hydrogen (secondary N) is 1. The van der Waals surface area contributed by atoms with Gasteiger partial charge >= 0.3 is 0 Å². The normalized spacial score (nSPS) is 10.1. The number of amides is 1. The van der Waals surface area contributed by atoms with E-state index in [9.17, 15) is 4.79 Å². The Balaban J connectivity index is 2.17. The molecule has 0 saturated heterocycles. The molecule has 0 aliphatic carbocycles. The van der Waals surface area contributed by atoms with Crippen molar-refractivity contribution in [2.75, 3.05) is 5.32 Å². The molecule has 2 rings (SSSR count). The largest absolute Gasteiger partial charge is 0.330 e. The molecular weight excluding hydrogens is 270 g/mol. The fourth-order valence-electron chi connectivity index (χ4n) is 1.34. The minimum absolute atomic E-state index is 0.168. The number of carbonyl (C=O) groups is 1. The van der Waals surface area contributed by atoms with Crippen molar-refractivity contribution in [3.63, 3.8) is 0 Å². The first kappa shape index (κ1) is 10.9. The van der Waals surface area contributed by atoms with Gasteiger partial charge in [-0.3, -0.25) is 4.79 Å². The lowest BCUT2D eigenvalue weighted by atomic mass is 10.3. The molecule has 0 radical (unpaired) electrons. The summed E-state index contributed by atoms with van der Waals surface area (Å²) in [4.78, 5) is 15.7. The molecule has 2 aromatic rings. The monoisotopic (exact) mass is 279 g/mol. The summed E-state index contributed by atoms with van der Waals surface area (Å²) in [5, 5.41) is 2.80. The first-order valence-corrected chi connectivity index (χ1v) is 5.49. The van der Waals surface area contributed by atoms with Crippen LogP contribution in [0.1, 0.15) is 10.5 Å². The van der Waals surface area contributed by atoms with Gasteiger partial charge in [-0.25, -0.2) is 4.98 Å². The topological polar surface area (TPSA) is 46.9 Å². The zero-order valence-corrected chi connectivity index (χ0v) is 10.2. The number of aryl methyl sites for hydroxylation is 1. The molecule has 1 heterocycles. The van der Waals surface area contributed by atoms with Crippen molar-refractivity contribution in [1.29, 1.82) is 0 Å². The van der Waals surface area contributed by atoms with Crippen molar-refractivity contribution in [3.8, 4) is 0 Å². The summed E-state index contributed by atoms with van der Waals surface area (Å²) in [5.74, 6) is -0.168. The molecule has 1 amide bonds. The second kappa shape index (κ2) is 4.49. The highest BCUT2D eigenvalue weighted by Crippen LogP contribution is 2.16. The molecular formula is C11H10BrN3O. The molecule has 0 spiro atoms. The molecule has 0 aliphatic rings. The molecule has 82 valence electrons. The third-order valence-corrected chi connectivity index (χ3v) is 2.63. The molecule has 1 aromatic heterocycles. The number of hydrogen-bond acceptors (Lipinski definition) is 2. The van der Waals surface area contributed by atoms with Crippen LogP contribution in [0.5, 0.6) is 0 Å². The number of nitrogens with zero attached hydrogens (tertiary/aromatic N) is 2. The van der Waals surface area contributed by atoms with Crippen molar-refractivity contribution >= 4 is 27.5 Å². The van der Waals surface area contributed by atoms with E-state index < -0.39 is 0 Å². The molecule has 0 aliphatic heterocycles. The predicted molar refractivity (Wildman–Crippen MR) is 65.3 cm³/mol. The zero-order valence-electron chi connectivity index (χ0n) is 8.64. The highest BCUT2D eigenvalue weighted by Gasteiger charge is 2.09. The average Bonchev–Trinajstić information content (AvgIpc) is 2.64. The van der Waals surface area contributed by atoms with Gasteiger partial charge < -0.3 is 9.88 Å². The molecule has 0 unspecified atom stereocenters. The van der Waals surface area contributed by atoms with Gasteiger partial charge in [0.25, 0.3) is 5.91 Å². The van der Waals surface area contributed by atoms with Crippen LogP contribution in [0.2, 0.25) is 0 Å². The van der Waals surface area contributed by atoms with Crippen molar-refractivity contribution in [2.45, 2.75) is 0 Å². The first-order valence-electron chi connectivity index (χ1n) is 4.70. The zero-order chi connectivity index (χ0) is 11.5. The van der Waals surface area contributed by atoms with E-state index in [1.54, 1.807) is 17.9 Å². The predicted octanol–water partition coefficient (Wildman–Crippen LogP) is 2.43. The van der Waals surface area contributed by atoms with Gasteiger partial charge in [0, 0.05) is 17.2 Å². The lowest BCUT2D eigenvalue weighted by Crippen LogP contribution is -2.15. The van der Waals surface area contributed by atoms with Crippen molar-refractivity contribution in [1.82, 2.24) is 9.55 Å². The highest BCUT2D eigenvalue weighted by atomic mass is 79.9. The van der Waals surface area contributed by atoms with E-state index in [0.717, 1.165) is 10.2 Å². The van der Waals surface area contributed by atoms with E-state index in [2.05, 4.69) is 26.2 Å². The lowest BCUT2D eigenvalue weighted by Gasteiger charge is -2.05. The number of carbonyl (C=O) groups excluding carboxylic acids is 1. The fraction of sp³-hybridized carbons (Fsp3) is 0.0909. The van der Waals surface area contributed by atoms with Gasteiger partial charge in [0.2, 0.25) is 0 Å². The van der Waals surface area contributed by atoms with Gasteiger partial charge in [-0.05, 0) is 18.2 Å². The van der Waals surface area contributed by atoms with E-state index in [4.69, 9.17) is 0 Å². The number of imidazole rings is 1. The Kier molecular flexibility index (Phi) is 3.05. The van der Waals surface area contributed by atoms with E-state index in [0.29, 0.717) is 5.69 Å². The Bertz CT molecular complexity index is 521. The Morgan fingerprint density at radius 2 is 2.31 bits per heavy atom. The molecule has 0 fully saturated rings. The van der Waals surface area contributed by atoms with Gasteiger partial charge in [0.1, 0.15) is 5.69 Å². The highest BCUT2D eigenvalue weighted by molar-refractivity contribution is 9.10. The molecule has 4 nitrogen and oxygen atoms in total. The van der Waals surface area contributed by atoms with Crippen molar-refractivity contribution in [3.05, 3.63) is 47.0 Å².